The average Bonchev–Trinajstić information content (AvgIpc) is 2.08. The van der Waals surface area contributed by atoms with Crippen LogP contribution in [0.2, 0.25) is 0 Å². The Hall–Kier alpha value is -1.14. The fraction of sp³-hybridized carbons (Fsp3) is 0.750. The fourth-order valence-electron chi connectivity index (χ4n) is 1.55. The summed E-state index contributed by atoms with van der Waals surface area (Å²) in [6, 6.07) is -1.04. The Kier molecular flexibility index (Phi) is 3.07. The van der Waals surface area contributed by atoms with E-state index in [1.807, 2.05) is 0 Å². The molecule has 0 spiro atoms. The van der Waals surface area contributed by atoms with Crippen molar-refractivity contribution in [1.82, 2.24) is 4.90 Å². The van der Waals surface area contributed by atoms with E-state index in [2.05, 4.69) is 0 Å². The number of likely N-dealkylation sites (tertiary alicyclic amines) is 1. The summed E-state index contributed by atoms with van der Waals surface area (Å²) in [4.78, 5) is 22.8. The summed E-state index contributed by atoms with van der Waals surface area (Å²) in [6.45, 7) is 1.10. The van der Waals surface area contributed by atoms with Crippen LogP contribution in [-0.4, -0.2) is 56.9 Å². The smallest absolute Gasteiger partial charge is 0.326 e. The van der Waals surface area contributed by atoms with Gasteiger partial charge in [0.1, 0.15) is 6.04 Å². The van der Waals surface area contributed by atoms with Crippen LogP contribution in [0, 0.1) is 0 Å². The number of carbonyl (C=O) groups excluding carboxylic acids is 1. The lowest BCUT2D eigenvalue weighted by molar-refractivity contribution is -0.159. The van der Waals surface area contributed by atoms with Crippen LogP contribution in [0.1, 0.15) is 13.3 Å². The molecule has 6 heteroatoms. The molecule has 3 N–H and O–H groups in total. The molecule has 0 bridgehead atoms. The fourth-order valence-corrected chi connectivity index (χ4v) is 1.55. The van der Waals surface area contributed by atoms with Gasteiger partial charge in [0.2, 0.25) is 5.91 Å². The minimum atomic E-state index is -1.16. The highest BCUT2D eigenvalue weighted by Crippen LogP contribution is 2.18. The molecule has 0 radical (unpaired) electrons. The molecular weight excluding hydrogens is 190 g/mol. The van der Waals surface area contributed by atoms with Gasteiger partial charge in [0.25, 0.3) is 0 Å². The molecule has 0 saturated carbocycles. The highest BCUT2D eigenvalue weighted by molar-refractivity contribution is 5.82. The summed E-state index contributed by atoms with van der Waals surface area (Å²) in [6.07, 6.45) is -2.27. The number of hydrogen-bond donors (Lipinski definition) is 3. The molecule has 14 heavy (non-hydrogen) atoms. The van der Waals surface area contributed by atoms with Crippen molar-refractivity contribution in [1.29, 1.82) is 0 Å². The first-order valence-corrected chi connectivity index (χ1v) is 4.29. The van der Waals surface area contributed by atoms with Gasteiger partial charge in [0, 0.05) is 13.3 Å². The summed E-state index contributed by atoms with van der Waals surface area (Å²) >= 11 is 0. The maximum atomic E-state index is 11.0. The first-order valence-electron chi connectivity index (χ1n) is 4.29. The second-order valence-corrected chi connectivity index (χ2v) is 3.40. The van der Waals surface area contributed by atoms with Crippen molar-refractivity contribution in [2.75, 3.05) is 6.54 Å². The zero-order valence-electron chi connectivity index (χ0n) is 7.75. The van der Waals surface area contributed by atoms with Gasteiger partial charge < -0.3 is 20.2 Å². The van der Waals surface area contributed by atoms with Gasteiger partial charge in [-0.1, -0.05) is 0 Å². The van der Waals surface area contributed by atoms with Gasteiger partial charge in [-0.15, -0.1) is 0 Å². The molecule has 0 aromatic carbocycles. The van der Waals surface area contributed by atoms with E-state index >= 15 is 0 Å². The van der Waals surface area contributed by atoms with Crippen LogP contribution in [-0.2, 0) is 9.59 Å². The Balaban J connectivity index is 2.80. The number of carboxylic acids is 1. The molecular formula is C8H13NO5. The summed E-state index contributed by atoms with van der Waals surface area (Å²) in [5.74, 6) is -1.57. The van der Waals surface area contributed by atoms with Crippen LogP contribution in [0.15, 0.2) is 0 Å². The van der Waals surface area contributed by atoms with Gasteiger partial charge in [-0.05, 0) is 0 Å². The van der Waals surface area contributed by atoms with Crippen molar-refractivity contribution in [3.63, 3.8) is 0 Å². The number of carbonyl (C=O) groups is 2. The van der Waals surface area contributed by atoms with Crippen LogP contribution in [0.5, 0.6) is 0 Å². The van der Waals surface area contributed by atoms with Crippen molar-refractivity contribution in [3.05, 3.63) is 0 Å². The van der Waals surface area contributed by atoms with Gasteiger partial charge in [-0.2, -0.15) is 0 Å². The lowest BCUT2D eigenvalue weighted by atomic mass is 9.97. The molecule has 3 atom stereocenters. The number of aliphatic hydroxyl groups is 2. The third-order valence-corrected chi connectivity index (χ3v) is 2.36. The van der Waals surface area contributed by atoms with E-state index in [4.69, 9.17) is 5.11 Å². The number of carboxylic acid groups (broad SMARTS) is 1. The quantitative estimate of drug-likeness (QED) is 0.477. The van der Waals surface area contributed by atoms with Gasteiger partial charge >= 0.3 is 5.97 Å². The Labute approximate surface area is 80.8 Å². The van der Waals surface area contributed by atoms with Crippen LogP contribution in [0.25, 0.3) is 0 Å². The predicted octanol–water partition coefficient (Wildman–Crippen LogP) is -1.59. The van der Waals surface area contributed by atoms with Crippen LogP contribution >= 0.6 is 0 Å². The molecule has 1 heterocycles. The van der Waals surface area contributed by atoms with E-state index < -0.39 is 30.1 Å². The highest BCUT2D eigenvalue weighted by Gasteiger charge is 2.38. The predicted molar refractivity (Wildman–Crippen MR) is 45.4 cm³/mol. The molecule has 1 fully saturated rings. The molecule has 0 aromatic rings. The number of aliphatic hydroxyl groups excluding tert-OH is 2. The molecule has 80 valence electrons. The monoisotopic (exact) mass is 203 g/mol. The van der Waals surface area contributed by atoms with E-state index in [0.717, 1.165) is 4.90 Å². The lowest BCUT2D eigenvalue weighted by Crippen LogP contribution is -2.56. The number of nitrogens with zero attached hydrogens (tertiary/aromatic N) is 1. The SMILES string of the molecule is CC(=O)N1C[C@@H](O)[C@@H](O)CC1C(=O)O. The first kappa shape index (κ1) is 10.9. The molecule has 1 saturated heterocycles. The number of amides is 1. The molecule has 1 unspecified atom stereocenters. The van der Waals surface area contributed by atoms with Crippen LogP contribution in [0.4, 0.5) is 0 Å². The number of piperidine rings is 1. The third kappa shape index (κ3) is 2.02. The minimum absolute atomic E-state index is 0.129. The van der Waals surface area contributed by atoms with Crippen molar-refractivity contribution in [2.24, 2.45) is 0 Å². The van der Waals surface area contributed by atoms with E-state index in [1.54, 1.807) is 0 Å². The largest absolute Gasteiger partial charge is 0.480 e. The lowest BCUT2D eigenvalue weighted by Gasteiger charge is -2.37. The normalized spacial score (nSPS) is 32.8. The van der Waals surface area contributed by atoms with E-state index in [1.165, 1.54) is 6.92 Å². The van der Waals surface area contributed by atoms with Crippen molar-refractivity contribution in [2.45, 2.75) is 31.6 Å². The first-order chi connectivity index (χ1) is 6.43. The Bertz CT molecular complexity index is 228. The molecule has 1 aliphatic rings. The Morgan fingerprint density at radius 3 is 2.29 bits per heavy atom. The Morgan fingerprint density at radius 1 is 1.29 bits per heavy atom. The second kappa shape index (κ2) is 3.93. The van der Waals surface area contributed by atoms with E-state index in [0.29, 0.717) is 0 Å². The third-order valence-electron chi connectivity index (χ3n) is 2.36. The van der Waals surface area contributed by atoms with Crippen molar-refractivity contribution < 1.29 is 24.9 Å². The summed E-state index contributed by atoms with van der Waals surface area (Å²) in [5.41, 5.74) is 0. The maximum Gasteiger partial charge on any atom is 0.326 e. The standard InChI is InChI=1S/C8H13NO5/c1-4(10)9-3-7(12)6(11)2-5(9)8(13)14/h5-7,11-12H,2-3H2,1H3,(H,13,14)/t5?,6-,7+/m0/s1. The second-order valence-electron chi connectivity index (χ2n) is 3.40. The van der Waals surface area contributed by atoms with Gasteiger partial charge in [-0.3, -0.25) is 4.79 Å². The van der Waals surface area contributed by atoms with Gasteiger partial charge in [0.05, 0.1) is 18.8 Å². The van der Waals surface area contributed by atoms with E-state index in [9.17, 15) is 19.8 Å². The van der Waals surface area contributed by atoms with Crippen molar-refractivity contribution in [3.8, 4) is 0 Å². The molecule has 1 aliphatic heterocycles. The zero-order chi connectivity index (χ0) is 10.9. The van der Waals surface area contributed by atoms with Crippen LogP contribution < -0.4 is 0 Å². The summed E-state index contributed by atoms with van der Waals surface area (Å²) in [7, 11) is 0. The topological polar surface area (TPSA) is 98.1 Å². The maximum absolute atomic E-state index is 11.0. The summed E-state index contributed by atoms with van der Waals surface area (Å²) < 4.78 is 0. The number of aliphatic carboxylic acids is 1. The average molecular weight is 203 g/mol. The number of rotatable bonds is 1. The molecule has 0 aromatic heterocycles. The molecule has 1 amide bonds. The number of hydrogen-bond acceptors (Lipinski definition) is 4. The summed E-state index contributed by atoms with van der Waals surface area (Å²) in [5, 5.41) is 27.3. The van der Waals surface area contributed by atoms with Crippen molar-refractivity contribution >= 4 is 11.9 Å². The van der Waals surface area contributed by atoms with Crippen LogP contribution in [0.3, 0.4) is 0 Å². The molecule has 1 rings (SSSR count). The van der Waals surface area contributed by atoms with Gasteiger partial charge in [0.15, 0.2) is 0 Å². The number of β-amino-alcohol motifs (C(OH)–C–C–N with tert-alkyl or cyclic N) is 1. The molecule has 6 nitrogen and oxygen atoms in total. The van der Waals surface area contributed by atoms with E-state index in [-0.39, 0.29) is 13.0 Å². The Morgan fingerprint density at radius 2 is 1.86 bits per heavy atom. The zero-order valence-corrected chi connectivity index (χ0v) is 7.75. The minimum Gasteiger partial charge on any atom is -0.480 e. The highest BCUT2D eigenvalue weighted by atomic mass is 16.4. The van der Waals surface area contributed by atoms with Gasteiger partial charge in [-0.25, -0.2) is 4.79 Å². The molecule has 0 aliphatic carbocycles.